The maximum Gasteiger partial charge on any atom is 0.0463 e. The molecule has 12 heavy (non-hydrogen) atoms. The molecule has 0 atom stereocenters. The van der Waals surface area contributed by atoms with Gasteiger partial charge in [0.2, 0.25) is 0 Å². The van der Waals surface area contributed by atoms with E-state index in [0.717, 1.165) is 26.9 Å². The van der Waals surface area contributed by atoms with E-state index in [0.29, 0.717) is 0 Å². The Labute approximate surface area is 87.3 Å². The van der Waals surface area contributed by atoms with Crippen LogP contribution in [0.4, 0.5) is 0 Å². The van der Waals surface area contributed by atoms with Crippen molar-refractivity contribution in [1.29, 1.82) is 0 Å². The maximum atomic E-state index is 6.02. The Morgan fingerprint density at radius 3 is 2.17 bits per heavy atom. The third-order valence-electron chi connectivity index (χ3n) is 1.57. The van der Waals surface area contributed by atoms with Gasteiger partial charge in [-0.1, -0.05) is 23.2 Å². The molecule has 0 fully saturated rings. The first-order valence-electron chi connectivity index (χ1n) is 3.58. The summed E-state index contributed by atoms with van der Waals surface area (Å²) in [7, 11) is 0. The van der Waals surface area contributed by atoms with Crippen molar-refractivity contribution in [1.82, 2.24) is 0 Å². The van der Waals surface area contributed by atoms with Gasteiger partial charge < -0.3 is 0 Å². The molecule has 0 bridgehead atoms. The fourth-order valence-electron chi connectivity index (χ4n) is 1.01. The van der Waals surface area contributed by atoms with Crippen LogP contribution in [0.1, 0.15) is 11.1 Å². The molecule has 0 amide bonds. The van der Waals surface area contributed by atoms with E-state index in [-0.39, 0.29) is 0 Å². The van der Waals surface area contributed by atoms with Gasteiger partial charge in [0.25, 0.3) is 0 Å². The summed E-state index contributed by atoms with van der Waals surface area (Å²) in [6, 6.07) is 3.89. The van der Waals surface area contributed by atoms with Gasteiger partial charge in [0.1, 0.15) is 0 Å². The number of hydrogen-bond donors (Lipinski definition) is 0. The molecule has 0 aliphatic rings. The van der Waals surface area contributed by atoms with Crippen molar-refractivity contribution in [2.75, 3.05) is 6.26 Å². The van der Waals surface area contributed by atoms with Crippen LogP contribution < -0.4 is 0 Å². The van der Waals surface area contributed by atoms with Gasteiger partial charge in [0, 0.05) is 15.8 Å². The summed E-state index contributed by atoms with van der Waals surface area (Å²) in [5.41, 5.74) is 2.14. The van der Waals surface area contributed by atoms with Gasteiger partial charge in [-0.05, 0) is 36.4 Å². The monoisotopic (exact) mass is 220 g/mol. The molecule has 0 nitrogen and oxygen atoms in total. The van der Waals surface area contributed by atoms with Crippen molar-refractivity contribution in [2.24, 2.45) is 0 Å². The summed E-state index contributed by atoms with van der Waals surface area (Å²) in [5, 5.41) is 1.55. The van der Waals surface area contributed by atoms with E-state index >= 15 is 0 Å². The van der Waals surface area contributed by atoms with E-state index in [1.54, 1.807) is 11.8 Å². The Hall–Kier alpha value is 0.150. The fourth-order valence-corrected chi connectivity index (χ4v) is 2.50. The van der Waals surface area contributed by atoms with E-state index in [1.807, 2.05) is 25.3 Å². The highest BCUT2D eigenvalue weighted by molar-refractivity contribution is 7.97. The van der Waals surface area contributed by atoms with Crippen LogP contribution in [0.25, 0.3) is 0 Å². The number of hydrogen-bond acceptors (Lipinski definition) is 1. The first-order chi connectivity index (χ1) is 5.65. The molecule has 0 spiro atoms. The molecule has 0 N–H and O–H groups in total. The molecule has 1 aromatic rings. The minimum absolute atomic E-state index is 0.773. The molecular weight excluding hydrogens is 211 g/mol. The average molecular weight is 221 g/mol. The van der Waals surface area contributed by atoms with E-state index in [4.69, 9.17) is 23.2 Å². The van der Waals surface area contributed by atoms with Crippen LogP contribution >= 0.6 is 35.0 Å². The zero-order chi connectivity index (χ0) is 9.14. The number of benzene rings is 1. The van der Waals surface area contributed by atoms with Crippen LogP contribution in [0.5, 0.6) is 0 Å². The van der Waals surface area contributed by atoms with Crippen molar-refractivity contribution in [3.8, 4) is 0 Å². The summed E-state index contributed by atoms with van der Waals surface area (Å²) in [5.74, 6) is 0.873. The fraction of sp³-hybridized carbons (Fsp3) is 0.333. The summed E-state index contributed by atoms with van der Waals surface area (Å²) in [4.78, 5) is 0. The van der Waals surface area contributed by atoms with Crippen LogP contribution in [-0.2, 0) is 5.75 Å². The van der Waals surface area contributed by atoms with E-state index < -0.39 is 0 Å². The first-order valence-corrected chi connectivity index (χ1v) is 5.73. The zero-order valence-corrected chi connectivity index (χ0v) is 9.35. The molecule has 0 unspecified atom stereocenters. The molecule has 0 heterocycles. The third kappa shape index (κ3) is 2.32. The normalized spacial score (nSPS) is 10.3. The van der Waals surface area contributed by atoms with Crippen molar-refractivity contribution in [3.63, 3.8) is 0 Å². The number of halogens is 2. The van der Waals surface area contributed by atoms with Crippen LogP contribution in [0.15, 0.2) is 12.1 Å². The summed E-state index contributed by atoms with van der Waals surface area (Å²) >= 11 is 13.8. The number of thioether (sulfide) groups is 1. The Morgan fingerprint density at radius 2 is 1.75 bits per heavy atom. The molecule has 0 saturated carbocycles. The van der Waals surface area contributed by atoms with E-state index in [2.05, 4.69) is 0 Å². The highest BCUT2D eigenvalue weighted by Crippen LogP contribution is 2.28. The lowest BCUT2D eigenvalue weighted by atomic mass is 10.2. The second-order valence-corrected chi connectivity index (χ2v) is 4.32. The van der Waals surface area contributed by atoms with Gasteiger partial charge in [-0.15, -0.1) is 0 Å². The summed E-state index contributed by atoms with van der Waals surface area (Å²) in [6.45, 7) is 1.99. The Balaban J connectivity index is 3.10. The zero-order valence-electron chi connectivity index (χ0n) is 7.03. The largest absolute Gasteiger partial charge is 0.161 e. The molecule has 0 aromatic heterocycles. The van der Waals surface area contributed by atoms with Crippen LogP contribution in [-0.4, -0.2) is 6.26 Å². The Morgan fingerprint density at radius 1 is 1.25 bits per heavy atom. The maximum absolute atomic E-state index is 6.02. The standard InChI is InChI=1S/C9H10Cl2S/c1-6-3-8(10)7(5-12-2)9(11)4-6/h3-4H,5H2,1-2H3. The molecule has 0 aliphatic heterocycles. The SMILES string of the molecule is CSCc1c(Cl)cc(C)cc1Cl. The lowest BCUT2D eigenvalue weighted by molar-refractivity contribution is 1.37. The molecule has 0 aliphatic carbocycles. The molecule has 1 aromatic carbocycles. The topological polar surface area (TPSA) is 0 Å². The van der Waals surface area contributed by atoms with Gasteiger partial charge in [0.15, 0.2) is 0 Å². The van der Waals surface area contributed by atoms with Gasteiger partial charge in [-0.25, -0.2) is 0 Å². The van der Waals surface area contributed by atoms with Crippen molar-refractivity contribution < 1.29 is 0 Å². The van der Waals surface area contributed by atoms with Crippen molar-refractivity contribution in [2.45, 2.75) is 12.7 Å². The van der Waals surface area contributed by atoms with Gasteiger partial charge in [0.05, 0.1) is 0 Å². The highest BCUT2D eigenvalue weighted by Gasteiger charge is 2.05. The van der Waals surface area contributed by atoms with Crippen molar-refractivity contribution in [3.05, 3.63) is 33.3 Å². The molecule has 66 valence electrons. The first kappa shape index (κ1) is 10.2. The van der Waals surface area contributed by atoms with E-state index in [1.165, 1.54) is 0 Å². The van der Waals surface area contributed by atoms with Gasteiger partial charge in [-0.3, -0.25) is 0 Å². The van der Waals surface area contributed by atoms with Crippen molar-refractivity contribution >= 4 is 35.0 Å². The predicted octanol–water partition coefficient (Wildman–Crippen LogP) is 4.16. The van der Waals surface area contributed by atoms with Gasteiger partial charge >= 0.3 is 0 Å². The second-order valence-electron chi connectivity index (χ2n) is 2.64. The quantitative estimate of drug-likeness (QED) is 0.722. The lowest BCUT2D eigenvalue weighted by Gasteiger charge is -2.05. The Bertz CT molecular complexity index is 261. The van der Waals surface area contributed by atoms with Crippen LogP contribution in [0, 0.1) is 6.92 Å². The highest BCUT2D eigenvalue weighted by atomic mass is 35.5. The second kappa shape index (κ2) is 4.40. The number of aryl methyl sites for hydroxylation is 1. The summed E-state index contributed by atoms with van der Waals surface area (Å²) in [6.07, 6.45) is 2.03. The smallest absolute Gasteiger partial charge is 0.0463 e. The summed E-state index contributed by atoms with van der Waals surface area (Å²) < 4.78 is 0. The third-order valence-corrected chi connectivity index (χ3v) is 2.83. The lowest BCUT2D eigenvalue weighted by Crippen LogP contribution is -1.85. The molecule has 0 saturated heterocycles. The van der Waals surface area contributed by atoms with Gasteiger partial charge in [-0.2, -0.15) is 11.8 Å². The molecular formula is C9H10Cl2S. The Kier molecular flexibility index (Phi) is 3.76. The van der Waals surface area contributed by atoms with Crippen LogP contribution in [0.2, 0.25) is 10.0 Å². The average Bonchev–Trinajstić information content (AvgIpc) is 1.96. The molecule has 0 radical (unpaired) electrons. The number of rotatable bonds is 2. The minimum Gasteiger partial charge on any atom is -0.161 e. The van der Waals surface area contributed by atoms with E-state index in [9.17, 15) is 0 Å². The molecule has 1 rings (SSSR count). The minimum atomic E-state index is 0.773. The molecule has 3 heteroatoms. The van der Waals surface area contributed by atoms with Crippen LogP contribution in [0.3, 0.4) is 0 Å². The predicted molar refractivity (Wildman–Crippen MR) is 58.4 cm³/mol.